The summed E-state index contributed by atoms with van der Waals surface area (Å²) in [6.07, 6.45) is -3.45. The van der Waals surface area contributed by atoms with Crippen LogP contribution in [0.3, 0.4) is 0 Å². The largest absolute Gasteiger partial charge is 0.389 e. The molecular formula is C15H19F3N2O. The lowest BCUT2D eigenvalue weighted by Gasteiger charge is -2.22. The van der Waals surface area contributed by atoms with Gasteiger partial charge in [-0.3, -0.25) is 4.79 Å². The molecule has 1 heterocycles. The standard InChI is InChI=1S/C15H19F3N2O/c16-15(17,18)8-7-11-4-1-2-6-13(11)20-14(21)12-5-3-9-19-10-12/h1-2,4,6,12,19H,3,5,7-10H2,(H,20,21). The minimum Gasteiger partial charge on any atom is -0.326 e. The Morgan fingerprint density at radius 2 is 2.10 bits per heavy atom. The van der Waals surface area contributed by atoms with Gasteiger partial charge in [0.2, 0.25) is 5.91 Å². The average Bonchev–Trinajstić information content (AvgIpc) is 2.46. The van der Waals surface area contributed by atoms with Crippen molar-refractivity contribution in [3.8, 4) is 0 Å². The fraction of sp³-hybridized carbons (Fsp3) is 0.533. The second-order valence-corrected chi connectivity index (χ2v) is 5.30. The van der Waals surface area contributed by atoms with E-state index in [0.29, 0.717) is 17.8 Å². The van der Waals surface area contributed by atoms with Crippen molar-refractivity contribution in [1.82, 2.24) is 5.32 Å². The molecule has 1 unspecified atom stereocenters. The van der Waals surface area contributed by atoms with E-state index in [2.05, 4.69) is 10.6 Å². The number of anilines is 1. The number of para-hydroxylation sites is 1. The van der Waals surface area contributed by atoms with Crippen LogP contribution in [-0.2, 0) is 11.2 Å². The maximum absolute atomic E-state index is 12.3. The molecule has 1 aliphatic rings. The predicted octanol–water partition coefficient (Wildman–Crippen LogP) is 3.12. The highest BCUT2D eigenvalue weighted by Gasteiger charge is 2.27. The van der Waals surface area contributed by atoms with Gasteiger partial charge >= 0.3 is 6.18 Å². The number of hydrogen-bond donors (Lipinski definition) is 2. The number of carbonyl (C=O) groups excluding carboxylic acids is 1. The minimum absolute atomic E-state index is 0.116. The van der Waals surface area contributed by atoms with Gasteiger partial charge in [-0.05, 0) is 37.4 Å². The molecule has 0 radical (unpaired) electrons. The van der Waals surface area contributed by atoms with Gasteiger partial charge < -0.3 is 10.6 Å². The molecule has 21 heavy (non-hydrogen) atoms. The highest BCUT2D eigenvalue weighted by atomic mass is 19.4. The summed E-state index contributed by atoms with van der Waals surface area (Å²) < 4.78 is 37.0. The number of piperidine rings is 1. The number of benzene rings is 1. The number of hydrogen-bond acceptors (Lipinski definition) is 2. The molecule has 1 fully saturated rings. The van der Waals surface area contributed by atoms with Gasteiger partial charge in [-0.1, -0.05) is 18.2 Å². The van der Waals surface area contributed by atoms with Crippen LogP contribution >= 0.6 is 0 Å². The Balaban J connectivity index is 2.00. The lowest BCUT2D eigenvalue weighted by atomic mass is 9.98. The Hall–Kier alpha value is -1.56. The van der Waals surface area contributed by atoms with Gasteiger partial charge in [0.1, 0.15) is 0 Å². The number of nitrogens with one attached hydrogen (secondary N) is 2. The Labute approximate surface area is 121 Å². The Morgan fingerprint density at radius 1 is 1.33 bits per heavy atom. The summed E-state index contributed by atoms with van der Waals surface area (Å²) in [5, 5.41) is 5.92. The van der Waals surface area contributed by atoms with Crippen LogP contribution in [-0.4, -0.2) is 25.2 Å². The molecule has 1 atom stereocenters. The lowest BCUT2D eigenvalue weighted by Crippen LogP contribution is -2.37. The van der Waals surface area contributed by atoms with Gasteiger partial charge in [0.25, 0.3) is 0 Å². The van der Waals surface area contributed by atoms with Gasteiger partial charge in [-0.25, -0.2) is 0 Å². The predicted molar refractivity (Wildman–Crippen MR) is 75.0 cm³/mol. The molecule has 3 nitrogen and oxygen atoms in total. The molecule has 0 bridgehead atoms. The maximum atomic E-state index is 12.3. The molecule has 0 saturated carbocycles. The maximum Gasteiger partial charge on any atom is 0.389 e. The van der Waals surface area contributed by atoms with E-state index in [1.807, 2.05) is 0 Å². The zero-order valence-corrected chi connectivity index (χ0v) is 11.7. The first-order valence-corrected chi connectivity index (χ1v) is 7.12. The molecule has 2 N–H and O–H groups in total. The second kappa shape index (κ2) is 6.93. The zero-order valence-electron chi connectivity index (χ0n) is 11.7. The van der Waals surface area contributed by atoms with Crippen LogP contribution in [0.5, 0.6) is 0 Å². The number of alkyl halides is 3. The summed E-state index contributed by atoms with van der Waals surface area (Å²) in [6.45, 7) is 1.53. The smallest absolute Gasteiger partial charge is 0.326 e. The summed E-state index contributed by atoms with van der Waals surface area (Å²) in [5.74, 6) is -0.240. The van der Waals surface area contributed by atoms with Crippen LogP contribution in [0.2, 0.25) is 0 Å². The highest BCUT2D eigenvalue weighted by molar-refractivity contribution is 5.93. The van der Waals surface area contributed by atoms with Gasteiger partial charge in [0, 0.05) is 18.7 Å². The van der Waals surface area contributed by atoms with Gasteiger partial charge in [-0.2, -0.15) is 13.2 Å². The number of amides is 1. The molecule has 1 aromatic rings. The van der Waals surface area contributed by atoms with Crippen molar-refractivity contribution in [2.75, 3.05) is 18.4 Å². The fourth-order valence-electron chi connectivity index (χ4n) is 2.45. The normalized spacial score (nSPS) is 19.3. The number of aryl methyl sites for hydroxylation is 1. The molecular weight excluding hydrogens is 281 g/mol. The molecule has 1 aromatic carbocycles. The first-order valence-electron chi connectivity index (χ1n) is 7.12. The Morgan fingerprint density at radius 3 is 2.76 bits per heavy atom. The molecule has 116 valence electrons. The topological polar surface area (TPSA) is 41.1 Å². The molecule has 0 aliphatic carbocycles. The Bertz CT molecular complexity index is 482. The van der Waals surface area contributed by atoms with Crippen molar-refractivity contribution in [2.45, 2.75) is 31.9 Å². The van der Waals surface area contributed by atoms with Crippen molar-refractivity contribution in [2.24, 2.45) is 5.92 Å². The van der Waals surface area contributed by atoms with E-state index < -0.39 is 12.6 Å². The van der Waals surface area contributed by atoms with Crippen LogP contribution in [0.4, 0.5) is 18.9 Å². The minimum atomic E-state index is -4.19. The monoisotopic (exact) mass is 300 g/mol. The molecule has 0 aromatic heterocycles. The summed E-state index contributed by atoms with van der Waals surface area (Å²) in [7, 11) is 0. The van der Waals surface area contributed by atoms with E-state index in [1.54, 1.807) is 24.3 Å². The highest BCUT2D eigenvalue weighted by Crippen LogP contribution is 2.25. The van der Waals surface area contributed by atoms with Gasteiger partial charge in [0.15, 0.2) is 0 Å². The average molecular weight is 300 g/mol. The van der Waals surface area contributed by atoms with E-state index in [-0.39, 0.29) is 18.2 Å². The third-order valence-electron chi connectivity index (χ3n) is 3.62. The third kappa shape index (κ3) is 5.04. The molecule has 0 spiro atoms. The fourth-order valence-corrected chi connectivity index (χ4v) is 2.45. The summed E-state index contributed by atoms with van der Waals surface area (Å²) in [5.41, 5.74) is 1.00. The molecule has 1 saturated heterocycles. The SMILES string of the molecule is O=C(Nc1ccccc1CCC(F)(F)F)C1CCCNC1. The van der Waals surface area contributed by atoms with E-state index >= 15 is 0 Å². The number of carbonyl (C=O) groups is 1. The Kier molecular flexibility index (Phi) is 5.22. The number of rotatable bonds is 4. The van der Waals surface area contributed by atoms with E-state index in [9.17, 15) is 18.0 Å². The van der Waals surface area contributed by atoms with Crippen molar-refractivity contribution in [3.63, 3.8) is 0 Å². The quantitative estimate of drug-likeness (QED) is 0.897. The van der Waals surface area contributed by atoms with E-state index in [4.69, 9.17) is 0 Å². The summed E-state index contributed by atoms with van der Waals surface area (Å²) >= 11 is 0. The van der Waals surface area contributed by atoms with Gasteiger partial charge in [0.05, 0.1) is 5.92 Å². The third-order valence-corrected chi connectivity index (χ3v) is 3.62. The summed E-state index contributed by atoms with van der Waals surface area (Å²) in [4.78, 5) is 12.1. The molecule has 6 heteroatoms. The van der Waals surface area contributed by atoms with E-state index in [0.717, 1.165) is 19.4 Å². The first-order chi connectivity index (χ1) is 9.96. The van der Waals surface area contributed by atoms with Crippen LogP contribution < -0.4 is 10.6 Å². The summed E-state index contributed by atoms with van der Waals surface area (Å²) in [6, 6.07) is 6.68. The van der Waals surface area contributed by atoms with Crippen molar-refractivity contribution >= 4 is 11.6 Å². The van der Waals surface area contributed by atoms with Crippen LogP contribution in [0.1, 0.15) is 24.8 Å². The number of halogens is 3. The zero-order chi connectivity index (χ0) is 15.3. The second-order valence-electron chi connectivity index (χ2n) is 5.30. The first kappa shape index (κ1) is 15.8. The molecule has 1 aliphatic heterocycles. The van der Waals surface area contributed by atoms with Crippen LogP contribution in [0.15, 0.2) is 24.3 Å². The molecule has 1 amide bonds. The van der Waals surface area contributed by atoms with Crippen molar-refractivity contribution in [3.05, 3.63) is 29.8 Å². The lowest BCUT2D eigenvalue weighted by molar-refractivity contribution is -0.133. The van der Waals surface area contributed by atoms with E-state index in [1.165, 1.54) is 0 Å². The van der Waals surface area contributed by atoms with Gasteiger partial charge in [-0.15, -0.1) is 0 Å². The van der Waals surface area contributed by atoms with Crippen LogP contribution in [0.25, 0.3) is 0 Å². The van der Waals surface area contributed by atoms with Crippen molar-refractivity contribution in [1.29, 1.82) is 0 Å². The molecule has 2 rings (SSSR count). The van der Waals surface area contributed by atoms with Crippen molar-refractivity contribution < 1.29 is 18.0 Å². The van der Waals surface area contributed by atoms with Crippen LogP contribution in [0, 0.1) is 5.92 Å².